The summed E-state index contributed by atoms with van der Waals surface area (Å²) >= 11 is 0. The molecular formula is C26H35F4NO2. The summed E-state index contributed by atoms with van der Waals surface area (Å²) in [5.41, 5.74) is 1.81. The molecule has 0 saturated heterocycles. The van der Waals surface area contributed by atoms with Crippen molar-refractivity contribution in [3.05, 3.63) is 63.2 Å². The molecule has 1 aromatic carbocycles. The summed E-state index contributed by atoms with van der Waals surface area (Å²) in [6.45, 7) is 13.9. The summed E-state index contributed by atoms with van der Waals surface area (Å²) in [6.07, 6.45) is -5.20. The summed E-state index contributed by atoms with van der Waals surface area (Å²) in [7, 11) is 0. The Labute approximate surface area is 193 Å². The van der Waals surface area contributed by atoms with Gasteiger partial charge in [-0.1, -0.05) is 54.5 Å². The number of nitrogens with zero attached hydrogens (tertiary/aromatic N) is 1. The van der Waals surface area contributed by atoms with E-state index in [1.807, 2.05) is 34.6 Å². The highest BCUT2D eigenvalue weighted by Crippen LogP contribution is 2.45. The predicted octanol–water partition coefficient (Wildman–Crippen LogP) is 7.04. The number of aliphatic hydroxyl groups excluding tert-OH is 2. The normalized spacial score (nSPS) is 18.4. The molecule has 1 aromatic heterocycles. The molecule has 184 valence electrons. The number of aliphatic hydroxyl groups is 2. The van der Waals surface area contributed by atoms with Crippen LogP contribution in [0.5, 0.6) is 0 Å². The molecule has 2 atom stereocenters. The van der Waals surface area contributed by atoms with E-state index in [-0.39, 0.29) is 16.9 Å². The molecule has 1 aliphatic carbocycles. The molecule has 2 aromatic rings. The van der Waals surface area contributed by atoms with Gasteiger partial charge in [-0.15, -0.1) is 0 Å². The fraction of sp³-hybridized carbons (Fsp3) is 0.577. The topological polar surface area (TPSA) is 53.4 Å². The van der Waals surface area contributed by atoms with Crippen LogP contribution in [0.1, 0.15) is 112 Å². The lowest BCUT2D eigenvalue weighted by molar-refractivity contribution is -0.140. The summed E-state index contributed by atoms with van der Waals surface area (Å²) in [5.74, 6) is -1.51. The van der Waals surface area contributed by atoms with Crippen LogP contribution in [-0.4, -0.2) is 15.2 Å². The summed E-state index contributed by atoms with van der Waals surface area (Å²) in [5, 5.41) is 22.1. The van der Waals surface area contributed by atoms with Crippen LogP contribution in [-0.2, 0) is 19.0 Å². The maximum atomic E-state index is 14.2. The van der Waals surface area contributed by atoms with Gasteiger partial charge in [0.1, 0.15) is 11.9 Å². The van der Waals surface area contributed by atoms with Crippen LogP contribution in [0.15, 0.2) is 18.2 Å². The molecule has 0 aliphatic heterocycles. The first-order chi connectivity index (χ1) is 15.3. The predicted molar refractivity (Wildman–Crippen MR) is 122 cm³/mol. The molecule has 33 heavy (non-hydrogen) atoms. The Morgan fingerprint density at radius 2 is 1.79 bits per heavy atom. The minimum Gasteiger partial charge on any atom is -0.388 e. The first-order valence-electron chi connectivity index (χ1n) is 11.5. The van der Waals surface area contributed by atoms with Gasteiger partial charge in [0.15, 0.2) is 0 Å². The van der Waals surface area contributed by atoms with Crippen molar-refractivity contribution in [2.75, 3.05) is 0 Å². The van der Waals surface area contributed by atoms with E-state index < -0.39 is 29.8 Å². The largest absolute Gasteiger partial charge is 0.419 e. The van der Waals surface area contributed by atoms with Crippen molar-refractivity contribution in [3.8, 4) is 0 Å². The molecule has 3 nitrogen and oxygen atoms in total. The third-order valence-electron chi connectivity index (χ3n) is 6.01. The first-order valence-corrected chi connectivity index (χ1v) is 11.5. The lowest BCUT2D eigenvalue weighted by atomic mass is 9.72. The minimum absolute atomic E-state index is 0.0227. The maximum absolute atomic E-state index is 14.2. The Hall–Kier alpha value is -1.99. The Bertz CT molecular complexity index is 983. The van der Waals surface area contributed by atoms with E-state index in [9.17, 15) is 27.8 Å². The first kappa shape index (κ1) is 27.3. The second kappa shape index (κ2) is 10.1. The van der Waals surface area contributed by atoms with E-state index in [0.29, 0.717) is 42.1 Å². The number of halogens is 4. The monoisotopic (exact) mass is 469 g/mol. The third-order valence-corrected chi connectivity index (χ3v) is 6.01. The van der Waals surface area contributed by atoms with E-state index >= 15 is 0 Å². The van der Waals surface area contributed by atoms with E-state index in [0.717, 1.165) is 23.4 Å². The minimum atomic E-state index is -4.81. The smallest absolute Gasteiger partial charge is 0.388 e. The lowest BCUT2D eigenvalue weighted by Crippen LogP contribution is -2.29. The van der Waals surface area contributed by atoms with E-state index in [2.05, 4.69) is 13.8 Å². The summed E-state index contributed by atoms with van der Waals surface area (Å²) in [6, 6.07) is 2.48. The molecule has 1 aliphatic rings. The highest BCUT2D eigenvalue weighted by molar-refractivity contribution is 5.48. The fourth-order valence-corrected chi connectivity index (χ4v) is 4.64. The number of benzene rings is 1. The van der Waals surface area contributed by atoms with Crippen LogP contribution < -0.4 is 0 Å². The molecule has 0 bridgehead atoms. The van der Waals surface area contributed by atoms with Gasteiger partial charge < -0.3 is 10.2 Å². The highest BCUT2D eigenvalue weighted by atomic mass is 19.4. The molecule has 0 radical (unpaired) electrons. The Morgan fingerprint density at radius 1 is 1.18 bits per heavy atom. The van der Waals surface area contributed by atoms with Crippen LogP contribution in [0.4, 0.5) is 17.6 Å². The molecule has 3 rings (SSSR count). The van der Waals surface area contributed by atoms with Gasteiger partial charge in [0.05, 0.1) is 11.7 Å². The van der Waals surface area contributed by atoms with Gasteiger partial charge >= 0.3 is 6.18 Å². The molecule has 7 heteroatoms. The van der Waals surface area contributed by atoms with Crippen molar-refractivity contribution in [1.82, 2.24) is 4.98 Å². The van der Waals surface area contributed by atoms with Crippen LogP contribution in [0.2, 0.25) is 0 Å². The number of pyridine rings is 1. The molecule has 0 amide bonds. The van der Waals surface area contributed by atoms with Crippen molar-refractivity contribution >= 4 is 0 Å². The second-order valence-corrected chi connectivity index (χ2v) is 9.46. The van der Waals surface area contributed by atoms with Gasteiger partial charge in [-0.05, 0) is 53.9 Å². The SMILES string of the molecule is CC.CCc1c2c(nc(C(C)C)c1[C@@H](O)c1ccc(C(F)(F)F)c(F)c1)CC(C)(C)CC2O. The third kappa shape index (κ3) is 5.57. The second-order valence-electron chi connectivity index (χ2n) is 9.46. The fourth-order valence-electron chi connectivity index (χ4n) is 4.64. The number of hydrogen-bond donors (Lipinski definition) is 2. The standard InChI is InChI=1S/C24H29F4NO2.C2H6/c1-6-14-19-17(10-23(4,5)11-18(19)30)29-21(12(2)3)20(14)22(31)13-7-8-15(16(25)9-13)24(26,27)28;1-2/h7-9,12,18,22,30-31H,6,10-11H2,1-5H3;1-2H3/t18?,22-;/m0./s1. The van der Waals surface area contributed by atoms with Crippen molar-refractivity contribution in [2.24, 2.45) is 5.41 Å². The van der Waals surface area contributed by atoms with Crippen molar-refractivity contribution in [2.45, 2.75) is 92.0 Å². The zero-order chi connectivity index (χ0) is 25.3. The van der Waals surface area contributed by atoms with Crippen molar-refractivity contribution < 1.29 is 27.8 Å². The molecule has 2 N–H and O–H groups in total. The molecule has 1 heterocycles. The number of hydrogen-bond acceptors (Lipinski definition) is 3. The van der Waals surface area contributed by atoms with Gasteiger partial charge in [0.2, 0.25) is 0 Å². The van der Waals surface area contributed by atoms with Crippen molar-refractivity contribution in [1.29, 1.82) is 0 Å². The highest BCUT2D eigenvalue weighted by Gasteiger charge is 2.38. The molecular weight excluding hydrogens is 434 g/mol. The van der Waals surface area contributed by atoms with Crippen LogP contribution >= 0.6 is 0 Å². The van der Waals surface area contributed by atoms with Crippen LogP contribution in [0.25, 0.3) is 0 Å². The van der Waals surface area contributed by atoms with Gasteiger partial charge in [-0.2, -0.15) is 13.2 Å². The van der Waals surface area contributed by atoms with Gasteiger partial charge in [0, 0.05) is 22.5 Å². The number of aromatic nitrogens is 1. The average Bonchev–Trinajstić information content (AvgIpc) is 2.71. The van der Waals surface area contributed by atoms with Crippen LogP contribution in [0, 0.1) is 11.2 Å². The molecule has 0 fully saturated rings. The van der Waals surface area contributed by atoms with Gasteiger partial charge in [-0.25, -0.2) is 4.39 Å². The van der Waals surface area contributed by atoms with E-state index in [1.54, 1.807) is 0 Å². The van der Waals surface area contributed by atoms with Crippen LogP contribution in [0.3, 0.4) is 0 Å². The number of rotatable bonds is 4. The summed E-state index contributed by atoms with van der Waals surface area (Å²) in [4.78, 5) is 4.80. The Kier molecular flexibility index (Phi) is 8.34. The number of alkyl halides is 3. The molecule has 0 saturated carbocycles. The summed E-state index contributed by atoms with van der Waals surface area (Å²) < 4.78 is 53.0. The van der Waals surface area contributed by atoms with E-state index in [1.165, 1.54) is 0 Å². The number of fused-ring (bicyclic) bond motifs is 1. The van der Waals surface area contributed by atoms with Gasteiger partial charge in [0.25, 0.3) is 0 Å². The molecule has 0 spiro atoms. The van der Waals surface area contributed by atoms with Crippen molar-refractivity contribution in [3.63, 3.8) is 0 Å². The van der Waals surface area contributed by atoms with Gasteiger partial charge in [-0.3, -0.25) is 4.98 Å². The zero-order valence-corrected chi connectivity index (χ0v) is 20.4. The quantitative estimate of drug-likeness (QED) is 0.472. The Balaban J connectivity index is 0.00000187. The Morgan fingerprint density at radius 3 is 2.27 bits per heavy atom. The maximum Gasteiger partial charge on any atom is 0.419 e. The molecule has 1 unspecified atom stereocenters. The average molecular weight is 470 g/mol. The zero-order valence-electron chi connectivity index (χ0n) is 20.4. The van der Waals surface area contributed by atoms with E-state index in [4.69, 9.17) is 4.98 Å². The lowest BCUT2D eigenvalue weighted by Gasteiger charge is -2.37.